The molecular weight excluding hydrogens is 296 g/mol. The van der Waals surface area contributed by atoms with E-state index >= 15 is 0 Å². The number of urea groups is 1. The van der Waals surface area contributed by atoms with Crippen molar-refractivity contribution in [1.82, 2.24) is 10.2 Å². The second-order valence-corrected chi connectivity index (χ2v) is 6.29. The van der Waals surface area contributed by atoms with Gasteiger partial charge >= 0.3 is 6.03 Å². The third kappa shape index (κ3) is 4.14. The van der Waals surface area contributed by atoms with Crippen LogP contribution < -0.4 is 10.6 Å². The van der Waals surface area contributed by atoms with Gasteiger partial charge in [0.2, 0.25) is 5.13 Å². The van der Waals surface area contributed by atoms with Gasteiger partial charge in [-0.25, -0.2) is 4.79 Å². The van der Waals surface area contributed by atoms with Gasteiger partial charge in [0, 0.05) is 12.1 Å². The average Bonchev–Trinajstić information content (AvgIpc) is 2.96. The standard InChI is InChI=1S/C16H18N4OS/c21-15(17-13-9-5-2-6-10-13)18-16-20-19-14(22-16)11-12-7-3-1-4-8-12/h2,5-7,9-10H,1,3-4,8,11H2,(H2,17,18,20,21). The van der Waals surface area contributed by atoms with Gasteiger partial charge in [0.05, 0.1) is 0 Å². The maximum absolute atomic E-state index is 11.9. The maximum Gasteiger partial charge on any atom is 0.325 e. The van der Waals surface area contributed by atoms with Crippen molar-refractivity contribution in [3.05, 3.63) is 47.0 Å². The average molecular weight is 314 g/mol. The van der Waals surface area contributed by atoms with Crippen molar-refractivity contribution in [2.45, 2.75) is 32.1 Å². The predicted octanol–water partition coefficient (Wildman–Crippen LogP) is 4.23. The molecule has 5 nitrogen and oxygen atoms in total. The van der Waals surface area contributed by atoms with Gasteiger partial charge in [-0.2, -0.15) is 0 Å². The maximum atomic E-state index is 11.9. The molecule has 0 saturated heterocycles. The first-order valence-electron chi connectivity index (χ1n) is 7.43. The van der Waals surface area contributed by atoms with Crippen LogP contribution in [0.4, 0.5) is 15.6 Å². The number of para-hydroxylation sites is 1. The molecule has 2 N–H and O–H groups in total. The Hall–Kier alpha value is -2.21. The van der Waals surface area contributed by atoms with E-state index in [0.717, 1.165) is 23.5 Å². The largest absolute Gasteiger partial charge is 0.325 e. The molecule has 1 aromatic carbocycles. The summed E-state index contributed by atoms with van der Waals surface area (Å²) in [6.07, 6.45) is 8.01. The molecule has 3 rings (SSSR count). The first-order chi connectivity index (χ1) is 10.8. The number of nitrogens with zero attached hydrogens (tertiary/aromatic N) is 2. The fraction of sp³-hybridized carbons (Fsp3) is 0.312. The molecule has 0 radical (unpaired) electrons. The second kappa shape index (κ2) is 7.17. The van der Waals surface area contributed by atoms with Crippen LogP contribution in [0.15, 0.2) is 42.0 Å². The van der Waals surface area contributed by atoms with E-state index in [1.54, 1.807) is 0 Å². The van der Waals surface area contributed by atoms with Gasteiger partial charge in [0.15, 0.2) is 0 Å². The van der Waals surface area contributed by atoms with E-state index in [9.17, 15) is 4.79 Å². The quantitative estimate of drug-likeness (QED) is 0.830. The van der Waals surface area contributed by atoms with Crippen LogP contribution in [0.25, 0.3) is 0 Å². The van der Waals surface area contributed by atoms with Crippen LogP contribution in [0.1, 0.15) is 30.7 Å². The number of nitrogens with one attached hydrogen (secondary N) is 2. The van der Waals surface area contributed by atoms with Crippen molar-refractivity contribution in [2.75, 3.05) is 10.6 Å². The summed E-state index contributed by atoms with van der Waals surface area (Å²) in [7, 11) is 0. The van der Waals surface area contributed by atoms with E-state index < -0.39 is 0 Å². The summed E-state index contributed by atoms with van der Waals surface area (Å²) < 4.78 is 0. The van der Waals surface area contributed by atoms with E-state index in [0.29, 0.717) is 5.13 Å². The number of carbonyl (C=O) groups excluding carboxylic acids is 1. The first-order valence-corrected chi connectivity index (χ1v) is 8.24. The van der Waals surface area contributed by atoms with Crippen molar-refractivity contribution in [3.63, 3.8) is 0 Å². The molecule has 1 aliphatic rings. The highest BCUT2D eigenvalue weighted by molar-refractivity contribution is 7.15. The number of amides is 2. The van der Waals surface area contributed by atoms with Crippen LogP contribution in [-0.4, -0.2) is 16.2 Å². The predicted molar refractivity (Wildman–Crippen MR) is 89.2 cm³/mol. The fourth-order valence-electron chi connectivity index (χ4n) is 2.42. The number of aromatic nitrogens is 2. The van der Waals surface area contributed by atoms with Crippen LogP contribution in [0, 0.1) is 0 Å². The number of benzene rings is 1. The molecule has 0 bridgehead atoms. The highest BCUT2D eigenvalue weighted by atomic mass is 32.1. The summed E-state index contributed by atoms with van der Waals surface area (Å²) in [6.45, 7) is 0. The molecule has 22 heavy (non-hydrogen) atoms. The lowest BCUT2D eigenvalue weighted by molar-refractivity contribution is 0.262. The van der Waals surface area contributed by atoms with Crippen LogP contribution >= 0.6 is 11.3 Å². The summed E-state index contributed by atoms with van der Waals surface area (Å²) in [6, 6.07) is 9.01. The molecule has 2 amide bonds. The Kier molecular flexibility index (Phi) is 4.80. The molecule has 0 atom stereocenters. The van der Waals surface area contributed by atoms with Crippen molar-refractivity contribution in [3.8, 4) is 0 Å². The van der Waals surface area contributed by atoms with Crippen molar-refractivity contribution in [1.29, 1.82) is 0 Å². The van der Waals surface area contributed by atoms with E-state index in [1.165, 1.54) is 36.2 Å². The SMILES string of the molecule is O=C(Nc1ccccc1)Nc1nnc(CC2=CCCCC2)s1. The second-order valence-electron chi connectivity index (χ2n) is 5.23. The van der Waals surface area contributed by atoms with E-state index in [1.807, 2.05) is 30.3 Å². The van der Waals surface area contributed by atoms with Crippen LogP contribution in [0.5, 0.6) is 0 Å². The Bertz CT molecular complexity index is 666. The fourth-order valence-corrected chi connectivity index (χ4v) is 3.20. The minimum Gasteiger partial charge on any atom is -0.308 e. The third-order valence-corrected chi connectivity index (χ3v) is 4.32. The Balaban J connectivity index is 1.55. The van der Waals surface area contributed by atoms with Crippen molar-refractivity contribution < 1.29 is 4.79 Å². The Morgan fingerprint density at radius 2 is 2.00 bits per heavy atom. The van der Waals surface area contributed by atoms with Crippen molar-refractivity contribution in [2.24, 2.45) is 0 Å². The molecule has 6 heteroatoms. The lowest BCUT2D eigenvalue weighted by atomic mass is 9.98. The topological polar surface area (TPSA) is 66.9 Å². The number of carbonyl (C=O) groups is 1. The van der Waals surface area contributed by atoms with Gasteiger partial charge in [-0.1, -0.05) is 41.2 Å². The number of hydrogen-bond acceptors (Lipinski definition) is 4. The van der Waals surface area contributed by atoms with Gasteiger partial charge in [-0.05, 0) is 37.8 Å². The molecule has 0 saturated carbocycles. The van der Waals surface area contributed by atoms with Gasteiger partial charge in [0.1, 0.15) is 5.01 Å². The summed E-state index contributed by atoms with van der Waals surface area (Å²) in [5.74, 6) is 0. The zero-order valence-corrected chi connectivity index (χ0v) is 13.0. The molecule has 1 aliphatic carbocycles. The van der Waals surface area contributed by atoms with E-state index in [-0.39, 0.29) is 6.03 Å². The van der Waals surface area contributed by atoms with E-state index in [4.69, 9.17) is 0 Å². The molecule has 0 unspecified atom stereocenters. The lowest BCUT2D eigenvalue weighted by Gasteiger charge is -2.10. The number of anilines is 2. The third-order valence-electron chi connectivity index (χ3n) is 3.48. The summed E-state index contributed by atoms with van der Waals surface area (Å²) in [5.41, 5.74) is 2.18. The molecule has 0 spiro atoms. The van der Waals surface area contributed by atoms with Gasteiger partial charge in [-0.15, -0.1) is 10.2 Å². The molecule has 2 aromatic rings. The minimum atomic E-state index is -0.300. The first kappa shape index (κ1) is 14.7. The number of rotatable bonds is 4. The zero-order valence-electron chi connectivity index (χ0n) is 12.2. The Morgan fingerprint density at radius 1 is 1.14 bits per heavy atom. The van der Waals surface area contributed by atoms with Crippen LogP contribution in [0.3, 0.4) is 0 Å². The van der Waals surface area contributed by atoms with Gasteiger partial charge < -0.3 is 5.32 Å². The van der Waals surface area contributed by atoms with E-state index in [2.05, 4.69) is 26.9 Å². The van der Waals surface area contributed by atoms with Gasteiger partial charge in [0.25, 0.3) is 0 Å². The van der Waals surface area contributed by atoms with Crippen LogP contribution in [-0.2, 0) is 6.42 Å². The highest BCUT2D eigenvalue weighted by Gasteiger charge is 2.11. The normalized spacial score (nSPS) is 14.3. The van der Waals surface area contributed by atoms with Crippen LogP contribution in [0.2, 0.25) is 0 Å². The monoisotopic (exact) mass is 314 g/mol. The van der Waals surface area contributed by atoms with Gasteiger partial charge in [-0.3, -0.25) is 5.32 Å². The zero-order chi connectivity index (χ0) is 15.2. The molecule has 1 heterocycles. The minimum absolute atomic E-state index is 0.300. The molecule has 0 aliphatic heterocycles. The Morgan fingerprint density at radius 3 is 2.77 bits per heavy atom. The summed E-state index contributed by atoms with van der Waals surface area (Å²) >= 11 is 1.43. The number of allylic oxidation sites excluding steroid dienone is 2. The summed E-state index contributed by atoms with van der Waals surface area (Å²) in [4.78, 5) is 11.9. The van der Waals surface area contributed by atoms with Crippen molar-refractivity contribution >= 4 is 28.2 Å². The molecular formula is C16H18N4OS. The smallest absolute Gasteiger partial charge is 0.308 e. The summed E-state index contributed by atoms with van der Waals surface area (Å²) in [5, 5.41) is 15.1. The lowest BCUT2D eigenvalue weighted by Crippen LogP contribution is -2.19. The number of hydrogen-bond donors (Lipinski definition) is 2. The Labute approximate surface area is 133 Å². The molecule has 114 valence electrons. The highest BCUT2D eigenvalue weighted by Crippen LogP contribution is 2.24. The molecule has 0 fully saturated rings. The molecule has 1 aromatic heterocycles.